The maximum Gasteiger partial charge on any atom is 0.127 e. The third kappa shape index (κ3) is 3.85. The molecule has 0 aliphatic carbocycles. The van der Waals surface area contributed by atoms with Crippen molar-refractivity contribution in [1.29, 1.82) is 0 Å². The van der Waals surface area contributed by atoms with Gasteiger partial charge >= 0.3 is 0 Å². The Morgan fingerprint density at radius 3 is 2.84 bits per heavy atom. The van der Waals surface area contributed by atoms with Crippen molar-refractivity contribution in [2.75, 3.05) is 0 Å². The number of benzene rings is 1. The Kier molecular flexibility index (Phi) is 5.05. The highest BCUT2D eigenvalue weighted by atomic mass is 32.2. The highest BCUT2D eigenvalue weighted by Crippen LogP contribution is 2.29. The fraction of sp³-hybridized carbons (Fsp3) is 0.333. The summed E-state index contributed by atoms with van der Waals surface area (Å²) in [6.45, 7) is 2.02. The van der Waals surface area contributed by atoms with Crippen LogP contribution in [0, 0.1) is 5.82 Å². The Morgan fingerprint density at radius 1 is 1.32 bits per heavy atom. The average Bonchev–Trinajstić information content (AvgIpc) is 2.92. The molecule has 102 valence electrons. The molecule has 1 heterocycles. The maximum atomic E-state index is 13.9. The van der Waals surface area contributed by atoms with E-state index < -0.39 is 0 Å². The SMILES string of the molecule is CCC(N)Cc1c(F)cccc1SCc1ccco1. The second-order valence-corrected chi connectivity index (χ2v) is 5.47. The van der Waals surface area contributed by atoms with Crippen LogP contribution in [-0.2, 0) is 12.2 Å². The summed E-state index contributed by atoms with van der Waals surface area (Å²) in [4.78, 5) is 0.945. The summed E-state index contributed by atoms with van der Waals surface area (Å²) in [6, 6.07) is 8.95. The number of thioether (sulfide) groups is 1. The number of halogens is 1. The molecule has 0 saturated carbocycles. The van der Waals surface area contributed by atoms with E-state index in [1.54, 1.807) is 24.1 Å². The Labute approximate surface area is 117 Å². The van der Waals surface area contributed by atoms with Gasteiger partial charge < -0.3 is 10.2 Å². The lowest BCUT2D eigenvalue weighted by atomic mass is 10.0. The van der Waals surface area contributed by atoms with Crippen molar-refractivity contribution in [1.82, 2.24) is 0 Å². The van der Waals surface area contributed by atoms with Gasteiger partial charge in [0.25, 0.3) is 0 Å². The predicted octanol–water partition coefficient (Wildman–Crippen LogP) is 3.99. The third-order valence-corrected chi connectivity index (χ3v) is 4.14. The van der Waals surface area contributed by atoms with Gasteiger partial charge in [0.2, 0.25) is 0 Å². The second kappa shape index (κ2) is 6.78. The first-order chi connectivity index (χ1) is 9.20. The first kappa shape index (κ1) is 14.2. The van der Waals surface area contributed by atoms with Crippen LogP contribution in [-0.4, -0.2) is 6.04 Å². The minimum atomic E-state index is -0.173. The second-order valence-electron chi connectivity index (χ2n) is 4.46. The molecule has 1 unspecified atom stereocenters. The summed E-state index contributed by atoms with van der Waals surface area (Å²) in [7, 11) is 0. The molecule has 0 fully saturated rings. The van der Waals surface area contributed by atoms with E-state index in [-0.39, 0.29) is 11.9 Å². The van der Waals surface area contributed by atoms with E-state index in [9.17, 15) is 4.39 Å². The molecule has 1 atom stereocenters. The van der Waals surface area contributed by atoms with Crippen LogP contribution in [0.1, 0.15) is 24.7 Å². The lowest BCUT2D eigenvalue weighted by molar-refractivity contribution is 0.530. The van der Waals surface area contributed by atoms with E-state index >= 15 is 0 Å². The molecule has 2 aromatic rings. The maximum absolute atomic E-state index is 13.9. The monoisotopic (exact) mass is 279 g/mol. The van der Waals surface area contributed by atoms with Crippen LogP contribution < -0.4 is 5.73 Å². The molecule has 0 saturated heterocycles. The molecule has 1 aromatic carbocycles. The van der Waals surface area contributed by atoms with Crippen LogP contribution in [0.4, 0.5) is 4.39 Å². The zero-order valence-corrected chi connectivity index (χ0v) is 11.8. The van der Waals surface area contributed by atoms with Gasteiger partial charge in [0.1, 0.15) is 11.6 Å². The highest BCUT2D eigenvalue weighted by Gasteiger charge is 2.12. The first-order valence-electron chi connectivity index (χ1n) is 6.39. The van der Waals surface area contributed by atoms with Gasteiger partial charge in [-0.3, -0.25) is 0 Å². The topological polar surface area (TPSA) is 39.2 Å². The summed E-state index contributed by atoms with van der Waals surface area (Å²) < 4.78 is 19.2. The van der Waals surface area contributed by atoms with Gasteiger partial charge in [-0.05, 0) is 37.1 Å². The zero-order chi connectivity index (χ0) is 13.7. The summed E-state index contributed by atoms with van der Waals surface area (Å²) in [5.41, 5.74) is 6.66. The van der Waals surface area contributed by atoms with E-state index in [0.29, 0.717) is 17.7 Å². The Morgan fingerprint density at radius 2 is 2.16 bits per heavy atom. The smallest absolute Gasteiger partial charge is 0.127 e. The molecule has 0 radical (unpaired) electrons. The van der Waals surface area contributed by atoms with Gasteiger partial charge in [-0.2, -0.15) is 0 Å². The molecule has 4 heteroatoms. The molecule has 0 amide bonds. The Bertz CT molecular complexity index is 513. The van der Waals surface area contributed by atoms with Crippen molar-refractivity contribution in [3.05, 3.63) is 53.7 Å². The van der Waals surface area contributed by atoms with E-state index in [2.05, 4.69) is 0 Å². The van der Waals surface area contributed by atoms with E-state index in [4.69, 9.17) is 10.2 Å². The molecule has 2 rings (SSSR count). The standard InChI is InChI=1S/C15H18FNOS/c1-2-11(17)9-13-14(16)6-3-7-15(13)19-10-12-5-4-8-18-12/h3-8,11H,2,9-10,17H2,1H3. The van der Waals surface area contributed by atoms with E-state index in [0.717, 1.165) is 17.1 Å². The van der Waals surface area contributed by atoms with E-state index in [1.165, 1.54) is 6.07 Å². The van der Waals surface area contributed by atoms with Crippen molar-refractivity contribution in [3.8, 4) is 0 Å². The minimum Gasteiger partial charge on any atom is -0.468 e. The summed E-state index contributed by atoms with van der Waals surface area (Å²) in [5, 5.41) is 0. The molecule has 0 bridgehead atoms. The Hall–Kier alpha value is -1.26. The van der Waals surface area contributed by atoms with Crippen molar-refractivity contribution in [3.63, 3.8) is 0 Å². The Balaban J connectivity index is 2.12. The molecule has 2 N–H and O–H groups in total. The summed E-state index contributed by atoms with van der Waals surface area (Å²) in [5.74, 6) is 1.42. The van der Waals surface area contributed by atoms with Crippen molar-refractivity contribution >= 4 is 11.8 Å². The molecule has 2 nitrogen and oxygen atoms in total. The van der Waals surface area contributed by atoms with Crippen LogP contribution in [0.25, 0.3) is 0 Å². The van der Waals surface area contributed by atoms with Crippen LogP contribution >= 0.6 is 11.8 Å². The normalized spacial score (nSPS) is 12.6. The lowest BCUT2D eigenvalue weighted by Crippen LogP contribution is -2.22. The molecule has 0 aliphatic heterocycles. The van der Waals surface area contributed by atoms with E-state index in [1.807, 2.05) is 25.1 Å². The largest absolute Gasteiger partial charge is 0.468 e. The average molecular weight is 279 g/mol. The van der Waals surface area contributed by atoms with Gasteiger partial charge in [-0.25, -0.2) is 4.39 Å². The number of hydrogen-bond donors (Lipinski definition) is 1. The van der Waals surface area contributed by atoms with Gasteiger partial charge in [-0.15, -0.1) is 11.8 Å². The van der Waals surface area contributed by atoms with Gasteiger partial charge in [0.15, 0.2) is 0 Å². The molecule has 1 aromatic heterocycles. The quantitative estimate of drug-likeness (QED) is 0.813. The molecule has 0 aliphatic rings. The summed E-state index contributed by atoms with van der Waals surface area (Å²) >= 11 is 1.58. The van der Waals surface area contributed by atoms with Crippen LogP contribution in [0.3, 0.4) is 0 Å². The van der Waals surface area contributed by atoms with Gasteiger partial charge in [0, 0.05) is 16.5 Å². The molecular weight excluding hydrogens is 261 g/mol. The van der Waals surface area contributed by atoms with Gasteiger partial charge in [0.05, 0.1) is 12.0 Å². The first-order valence-corrected chi connectivity index (χ1v) is 7.37. The predicted molar refractivity (Wildman–Crippen MR) is 76.6 cm³/mol. The van der Waals surface area contributed by atoms with Crippen molar-refractivity contribution < 1.29 is 8.81 Å². The fourth-order valence-corrected chi connectivity index (χ4v) is 2.81. The molecule has 0 spiro atoms. The number of rotatable bonds is 6. The third-order valence-electron chi connectivity index (χ3n) is 3.02. The molecule has 19 heavy (non-hydrogen) atoms. The van der Waals surface area contributed by atoms with Crippen LogP contribution in [0.5, 0.6) is 0 Å². The van der Waals surface area contributed by atoms with Crippen molar-refractivity contribution in [2.24, 2.45) is 5.73 Å². The fourth-order valence-electron chi connectivity index (χ4n) is 1.82. The lowest BCUT2D eigenvalue weighted by Gasteiger charge is -2.13. The highest BCUT2D eigenvalue weighted by molar-refractivity contribution is 7.98. The number of furan rings is 1. The van der Waals surface area contributed by atoms with Crippen molar-refractivity contribution in [2.45, 2.75) is 36.5 Å². The van der Waals surface area contributed by atoms with Gasteiger partial charge in [-0.1, -0.05) is 13.0 Å². The summed E-state index contributed by atoms with van der Waals surface area (Å²) in [6.07, 6.45) is 3.07. The van der Waals surface area contributed by atoms with Crippen LogP contribution in [0.15, 0.2) is 45.9 Å². The number of nitrogens with two attached hydrogens (primary N) is 1. The number of hydrogen-bond acceptors (Lipinski definition) is 3. The molecular formula is C15H18FNOS. The zero-order valence-electron chi connectivity index (χ0n) is 10.9. The minimum absolute atomic E-state index is 0.000127. The van der Waals surface area contributed by atoms with Crippen LogP contribution in [0.2, 0.25) is 0 Å².